The van der Waals surface area contributed by atoms with Gasteiger partial charge in [0, 0.05) is 6.54 Å². The van der Waals surface area contributed by atoms with Gasteiger partial charge in [-0.15, -0.1) is 14.8 Å². The lowest BCUT2D eigenvalue weighted by molar-refractivity contribution is 0.415. The molecule has 7 heteroatoms. The summed E-state index contributed by atoms with van der Waals surface area (Å²) in [7, 11) is 1.67. The van der Waals surface area contributed by atoms with Gasteiger partial charge in [0.05, 0.1) is 7.11 Å². The summed E-state index contributed by atoms with van der Waals surface area (Å²) in [6, 6.07) is 16.1. The van der Waals surface area contributed by atoms with E-state index < -0.39 is 0 Å². The summed E-state index contributed by atoms with van der Waals surface area (Å²) < 4.78 is 6.65. The Morgan fingerprint density at radius 3 is 2.83 bits per heavy atom. The Labute approximate surface area is 131 Å². The Morgan fingerprint density at radius 1 is 1.04 bits per heavy atom. The van der Waals surface area contributed by atoms with Gasteiger partial charge in [0.15, 0.2) is 5.65 Å². The maximum absolute atomic E-state index is 5.25. The number of anilines is 1. The molecule has 4 aromatic rings. The second kappa shape index (κ2) is 5.53. The van der Waals surface area contributed by atoms with Crippen LogP contribution < -0.4 is 10.1 Å². The van der Waals surface area contributed by atoms with Crippen LogP contribution in [-0.2, 0) is 6.54 Å². The van der Waals surface area contributed by atoms with Crippen LogP contribution in [0.2, 0.25) is 0 Å². The van der Waals surface area contributed by atoms with E-state index >= 15 is 0 Å². The molecule has 2 aromatic heterocycles. The third kappa shape index (κ3) is 2.64. The highest BCUT2D eigenvalue weighted by Crippen LogP contribution is 2.22. The Bertz CT molecular complexity index is 981. The van der Waals surface area contributed by atoms with Crippen molar-refractivity contribution in [2.45, 2.75) is 6.54 Å². The summed E-state index contributed by atoms with van der Waals surface area (Å²) in [6.07, 6.45) is 0. The predicted octanol–water partition coefficient (Wildman–Crippen LogP) is 2.29. The molecule has 0 amide bonds. The standard InChI is InChI=1S/C16H14N6O/c1-23-14-5-4-12-8-11(2-3-13(12)9-14)10-17-15-6-7-16-18-20-21-22(16)19-15/h2-9H,10H2,1H3,(H,17,19). The van der Waals surface area contributed by atoms with Crippen LogP contribution in [0.15, 0.2) is 48.5 Å². The zero-order valence-electron chi connectivity index (χ0n) is 12.5. The minimum Gasteiger partial charge on any atom is -0.497 e. The molecule has 2 heterocycles. The number of tetrazole rings is 1. The fraction of sp³-hybridized carbons (Fsp3) is 0.125. The summed E-state index contributed by atoms with van der Waals surface area (Å²) in [4.78, 5) is 0. The largest absolute Gasteiger partial charge is 0.497 e. The van der Waals surface area contributed by atoms with E-state index in [2.05, 4.69) is 50.2 Å². The lowest BCUT2D eigenvalue weighted by Gasteiger charge is -2.07. The number of fused-ring (bicyclic) bond motifs is 2. The number of methoxy groups -OCH3 is 1. The molecular weight excluding hydrogens is 292 g/mol. The van der Waals surface area contributed by atoms with E-state index in [0.717, 1.165) is 17.0 Å². The summed E-state index contributed by atoms with van der Waals surface area (Å²) in [6.45, 7) is 0.669. The molecule has 0 radical (unpaired) electrons. The quantitative estimate of drug-likeness (QED) is 0.623. The third-order valence-electron chi connectivity index (χ3n) is 3.65. The first-order chi connectivity index (χ1) is 11.3. The summed E-state index contributed by atoms with van der Waals surface area (Å²) in [5.74, 6) is 1.59. The molecule has 0 atom stereocenters. The lowest BCUT2D eigenvalue weighted by Crippen LogP contribution is -2.04. The Balaban J connectivity index is 1.54. The molecule has 7 nitrogen and oxygen atoms in total. The molecule has 0 spiro atoms. The van der Waals surface area contributed by atoms with Crippen LogP contribution in [0.1, 0.15) is 5.56 Å². The van der Waals surface area contributed by atoms with Crippen molar-refractivity contribution < 1.29 is 4.74 Å². The first-order valence-corrected chi connectivity index (χ1v) is 7.18. The Morgan fingerprint density at radius 2 is 1.91 bits per heavy atom. The van der Waals surface area contributed by atoms with E-state index in [0.29, 0.717) is 12.2 Å². The first-order valence-electron chi connectivity index (χ1n) is 7.18. The first kappa shape index (κ1) is 13.4. The molecule has 0 saturated carbocycles. The number of aromatic nitrogens is 5. The summed E-state index contributed by atoms with van der Waals surface area (Å²) in [5.41, 5.74) is 1.79. The number of nitrogens with one attached hydrogen (secondary N) is 1. The van der Waals surface area contributed by atoms with E-state index in [4.69, 9.17) is 4.74 Å². The van der Waals surface area contributed by atoms with Crippen LogP contribution in [0.3, 0.4) is 0 Å². The van der Waals surface area contributed by atoms with Crippen molar-refractivity contribution in [3.05, 3.63) is 54.1 Å². The maximum atomic E-state index is 5.25. The molecule has 0 aliphatic heterocycles. The van der Waals surface area contributed by atoms with Crippen LogP contribution >= 0.6 is 0 Å². The molecule has 23 heavy (non-hydrogen) atoms. The monoisotopic (exact) mass is 306 g/mol. The van der Waals surface area contributed by atoms with Crippen molar-refractivity contribution in [2.75, 3.05) is 12.4 Å². The van der Waals surface area contributed by atoms with Crippen LogP contribution in [0.4, 0.5) is 5.82 Å². The number of hydrogen-bond acceptors (Lipinski definition) is 6. The second-order valence-corrected chi connectivity index (χ2v) is 5.15. The molecule has 0 fully saturated rings. The minimum atomic E-state index is 0.621. The number of nitrogens with zero attached hydrogens (tertiary/aromatic N) is 5. The average molecular weight is 306 g/mol. The maximum Gasteiger partial charge on any atom is 0.200 e. The van der Waals surface area contributed by atoms with Gasteiger partial charge < -0.3 is 10.1 Å². The van der Waals surface area contributed by atoms with Gasteiger partial charge in [-0.3, -0.25) is 0 Å². The van der Waals surface area contributed by atoms with Gasteiger partial charge in [0.25, 0.3) is 0 Å². The number of rotatable bonds is 4. The van der Waals surface area contributed by atoms with Crippen LogP contribution in [0.25, 0.3) is 16.4 Å². The van der Waals surface area contributed by atoms with Crippen molar-refractivity contribution in [3.63, 3.8) is 0 Å². The zero-order valence-corrected chi connectivity index (χ0v) is 12.5. The fourth-order valence-corrected chi connectivity index (χ4v) is 2.45. The number of ether oxygens (including phenoxy) is 1. The molecule has 0 unspecified atom stereocenters. The molecule has 0 aliphatic carbocycles. The van der Waals surface area contributed by atoms with E-state index in [1.54, 1.807) is 7.11 Å². The zero-order chi connectivity index (χ0) is 15.6. The van der Waals surface area contributed by atoms with Crippen molar-refractivity contribution in [1.82, 2.24) is 25.3 Å². The topological polar surface area (TPSA) is 77.2 Å². The summed E-state index contributed by atoms with van der Waals surface area (Å²) >= 11 is 0. The molecule has 1 N–H and O–H groups in total. The van der Waals surface area contributed by atoms with Crippen molar-refractivity contribution in [2.24, 2.45) is 0 Å². The highest BCUT2D eigenvalue weighted by atomic mass is 16.5. The van der Waals surface area contributed by atoms with Gasteiger partial charge in [-0.1, -0.05) is 18.2 Å². The molecule has 114 valence electrons. The molecular formula is C16H14N6O. The normalized spacial score (nSPS) is 11.0. The second-order valence-electron chi connectivity index (χ2n) is 5.15. The Kier molecular flexibility index (Phi) is 3.23. The number of benzene rings is 2. The predicted molar refractivity (Wildman–Crippen MR) is 86.4 cm³/mol. The van der Waals surface area contributed by atoms with Gasteiger partial charge in [0.2, 0.25) is 0 Å². The highest BCUT2D eigenvalue weighted by molar-refractivity contribution is 5.84. The molecule has 2 aromatic carbocycles. The van der Waals surface area contributed by atoms with Crippen molar-refractivity contribution >= 4 is 22.2 Å². The van der Waals surface area contributed by atoms with Crippen molar-refractivity contribution in [1.29, 1.82) is 0 Å². The molecule has 0 aliphatic rings. The summed E-state index contributed by atoms with van der Waals surface area (Å²) in [5, 5.41) is 21.1. The SMILES string of the molecule is COc1ccc2cc(CNc3ccc4nnnn4n3)ccc2c1. The van der Waals surface area contributed by atoms with Crippen LogP contribution in [0, 0.1) is 0 Å². The van der Waals surface area contributed by atoms with Crippen LogP contribution in [0.5, 0.6) is 5.75 Å². The lowest BCUT2D eigenvalue weighted by atomic mass is 10.1. The van der Waals surface area contributed by atoms with E-state index in [9.17, 15) is 0 Å². The molecule has 0 bridgehead atoms. The van der Waals surface area contributed by atoms with Gasteiger partial charge in [-0.25, -0.2) is 0 Å². The molecule has 4 rings (SSSR count). The van der Waals surface area contributed by atoms with Gasteiger partial charge in [0.1, 0.15) is 11.6 Å². The Hall–Kier alpha value is -3.22. The van der Waals surface area contributed by atoms with E-state index in [1.165, 1.54) is 15.6 Å². The number of hydrogen-bond donors (Lipinski definition) is 1. The van der Waals surface area contributed by atoms with Gasteiger partial charge in [-0.05, 0) is 57.1 Å². The van der Waals surface area contributed by atoms with E-state index in [1.807, 2.05) is 24.3 Å². The highest BCUT2D eigenvalue weighted by Gasteiger charge is 2.02. The van der Waals surface area contributed by atoms with Crippen molar-refractivity contribution in [3.8, 4) is 5.75 Å². The van der Waals surface area contributed by atoms with Gasteiger partial charge >= 0.3 is 0 Å². The smallest absolute Gasteiger partial charge is 0.200 e. The van der Waals surface area contributed by atoms with Gasteiger partial charge in [-0.2, -0.15) is 0 Å². The van der Waals surface area contributed by atoms with Crippen LogP contribution in [-0.4, -0.2) is 32.4 Å². The van der Waals surface area contributed by atoms with E-state index in [-0.39, 0.29) is 0 Å². The average Bonchev–Trinajstić information content (AvgIpc) is 3.07. The minimum absolute atomic E-state index is 0.621. The molecule has 0 saturated heterocycles. The third-order valence-corrected chi connectivity index (χ3v) is 3.65. The fourth-order valence-electron chi connectivity index (χ4n) is 2.45.